The van der Waals surface area contributed by atoms with E-state index in [4.69, 9.17) is 0 Å². The van der Waals surface area contributed by atoms with Crippen molar-refractivity contribution in [3.8, 4) is 11.1 Å². The molecule has 2 aromatic rings. The van der Waals surface area contributed by atoms with Crippen molar-refractivity contribution in [2.24, 2.45) is 0 Å². The molecule has 6 heteroatoms. The molecule has 0 unspecified atom stereocenters. The van der Waals surface area contributed by atoms with Crippen molar-refractivity contribution in [1.29, 1.82) is 0 Å². The summed E-state index contributed by atoms with van der Waals surface area (Å²) in [5.74, 6) is 0. The fourth-order valence-corrected chi connectivity index (χ4v) is 2.62. The highest BCUT2D eigenvalue weighted by atomic mass is 32.2. The molecule has 0 aliphatic heterocycles. The molecule has 0 saturated carbocycles. The lowest BCUT2D eigenvalue weighted by Crippen LogP contribution is -2.22. The number of hydrogen-bond acceptors (Lipinski definition) is 3. The topological polar surface area (TPSA) is 70.2 Å². The third kappa shape index (κ3) is 2.74. The Hall–Kier alpha value is -1.92. The summed E-state index contributed by atoms with van der Waals surface area (Å²) < 4.78 is 25.2. The first-order chi connectivity index (χ1) is 8.91. The van der Waals surface area contributed by atoms with Gasteiger partial charge in [-0.05, 0) is 29.3 Å². The Morgan fingerprint density at radius 1 is 1.05 bits per heavy atom. The third-order valence-electron chi connectivity index (χ3n) is 2.72. The van der Waals surface area contributed by atoms with Crippen LogP contribution in [0.3, 0.4) is 0 Å². The van der Waals surface area contributed by atoms with Crippen molar-refractivity contribution in [1.82, 2.24) is 9.29 Å². The Bertz CT molecular complexity index is 748. The molecule has 0 bridgehead atoms. The Morgan fingerprint density at radius 2 is 1.74 bits per heavy atom. The summed E-state index contributed by atoms with van der Waals surface area (Å²) in [6, 6.07) is 9.68. The lowest BCUT2D eigenvalue weighted by Gasteiger charge is -2.12. The summed E-state index contributed by atoms with van der Waals surface area (Å²) in [4.78, 5) is 14.0. The van der Waals surface area contributed by atoms with Crippen LogP contribution in [0.1, 0.15) is 0 Å². The second kappa shape index (κ2) is 4.99. The number of benzene rings is 1. The first-order valence-electron chi connectivity index (χ1n) is 5.63. The smallest absolute Gasteiger partial charge is 0.248 e. The summed E-state index contributed by atoms with van der Waals surface area (Å²) in [6.45, 7) is 0. The normalized spacial score (nSPS) is 11.7. The predicted octanol–water partition coefficient (Wildman–Crippen LogP) is 1.29. The van der Waals surface area contributed by atoms with E-state index in [9.17, 15) is 13.2 Å². The summed E-state index contributed by atoms with van der Waals surface area (Å²) in [6.07, 6.45) is 1.53. The summed E-state index contributed by atoms with van der Waals surface area (Å²) >= 11 is 0. The number of nitrogens with zero attached hydrogens (tertiary/aromatic N) is 1. The molecule has 1 aromatic carbocycles. The zero-order valence-electron chi connectivity index (χ0n) is 10.6. The van der Waals surface area contributed by atoms with Crippen LogP contribution in [0.15, 0.2) is 52.3 Å². The Morgan fingerprint density at radius 3 is 2.37 bits per heavy atom. The minimum absolute atomic E-state index is 0.204. The van der Waals surface area contributed by atoms with Crippen LogP contribution in [0.4, 0.5) is 0 Å². The average molecular weight is 278 g/mol. The van der Waals surface area contributed by atoms with Crippen molar-refractivity contribution in [3.05, 3.63) is 52.9 Å². The Labute approximate surface area is 111 Å². The molecule has 0 fully saturated rings. The SMILES string of the molecule is CN(C)S(=O)(=O)c1cccc(-c2cc[nH]c(=O)c2)c1. The molecule has 0 atom stereocenters. The molecule has 19 heavy (non-hydrogen) atoms. The van der Waals surface area contributed by atoms with Crippen molar-refractivity contribution in [3.63, 3.8) is 0 Å². The molecule has 0 amide bonds. The number of aromatic nitrogens is 1. The highest BCUT2D eigenvalue weighted by Crippen LogP contribution is 2.22. The molecule has 0 radical (unpaired) electrons. The van der Waals surface area contributed by atoms with Crippen molar-refractivity contribution in [2.75, 3.05) is 14.1 Å². The standard InChI is InChI=1S/C13H14N2O3S/c1-15(2)19(17,18)12-5-3-4-10(8-12)11-6-7-14-13(16)9-11/h3-9H,1-2H3,(H,14,16). The van der Waals surface area contributed by atoms with Gasteiger partial charge in [-0.1, -0.05) is 12.1 Å². The van der Waals surface area contributed by atoms with Gasteiger partial charge in [0.05, 0.1) is 4.90 Å². The van der Waals surface area contributed by atoms with E-state index in [2.05, 4.69) is 4.98 Å². The first kappa shape index (κ1) is 13.5. The molecule has 0 aliphatic carbocycles. The fourth-order valence-electron chi connectivity index (χ4n) is 1.67. The van der Waals surface area contributed by atoms with E-state index in [1.807, 2.05) is 0 Å². The van der Waals surface area contributed by atoms with Crippen molar-refractivity contribution < 1.29 is 8.42 Å². The zero-order valence-corrected chi connectivity index (χ0v) is 11.4. The molecule has 0 saturated heterocycles. The van der Waals surface area contributed by atoms with E-state index < -0.39 is 10.0 Å². The van der Waals surface area contributed by atoms with Gasteiger partial charge in [-0.3, -0.25) is 4.79 Å². The van der Waals surface area contributed by atoms with E-state index in [1.54, 1.807) is 24.3 Å². The predicted molar refractivity (Wildman–Crippen MR) is 73.4 cm³/mol. The van der Waals surface area contributed by atoms with Crippen molar-refractivity contribution in [2.45, 2.75) is 4.90 Å². The van der Waals surface area contributed by atoms with Crippen LogP contribution in [0, 0.1) is 0 Å². The van der Waals surface area contributed by atoms with Gasteiger partial charge in [0, 0.05) is 26.4 Å². The maximum Gasteiger partial charge on any atom is 0.248 e. The number of pyridine rings is 1. The number of sulfonamides is 1. The van der Waals surface area contributed by atoms with E-state index >= 15 is 0 Å². The molecule has 2 rings (SSSR count). The maximum absolute atomic E-state index is 12.0. The van der Waals surface area contributed by atoms with Crippen LogP contribution >= 0.6 is 0 Å². The average Bonchev–Trinajstić information content (AvgIpc) is 2.38. The molecule has 1 heterocycles. The maximum atomic E-state index is 12.0. The monoisotopic (exact) mass is 278 g/mol. The van der Waals surface area contributed by atoms with Gasteiger partial charge in [-0.25, -0.2) is 12.7 Å². The summed E-state index contributed by atoms with van der Waals surface area (Å²) in [7, 11) is -0.507. The van der Waals surface area contributed by atoms with Crippen molar-refractivity contribution >= 4 is 10.0 Å². The van der Waals surface area contributed by atoms with Gasteiger partial charge in [0.25, 0.3) is 0 Å². The minimum atomic E-state index is -3.47. The largest absolute Gasteiger partial charge is 0.329 e. The molecule has 5 nitrogen and oxygen atoms in total. The zero-order chi connectivity index (χ0) is 14.0. The van der Waals surface area contributed by atoms with Gasteiger partial charge >= 0.3 is 0 Å². The fraction of sp³-hybridized carbons (Fsp3) is 0.154. The highest BCUT2D eigenvalue weighted by molar-refractivity contribution is 7.89. The number of hydrogen-bond donors (Lipinski definition) is 1. The summed E-state index contributed by atoms with van der Waals surface area (Å²) in [5.41, 5.74) is 1.15. The van der Waals surface area contributed by atoms with Crippen LogP contribution < -0.4 is 5.56 Å². The minimum Gasteiger partial charge on any atom is -0.329 e. The van der Waals surface area contributed by atoms with Crippen LogP contribution in [-0.4, -0.2) is 31.8 Å². The van der Waals surface area contributed by atoms with Gasteiger partial charge in [0.1, 0.15) is 0 Å². The second-order valence-corrected chi connectivity index (χ2v) is 6.41. The summed E-state index contributed by atoms with van der Waals surface area (Å²) in [5, 5.41) is 0. The van der Waals surface area contributed by atoms with Crippen LogP contribution in [0.5, 0.6) is 0 Å². The first-order valence-corrected chi connectivity index (χ1v) is 7.07. The van der Waals surface area contributed by atoms with Gasteiger partial charge < -0.3 is 4.98 Å². The van der Waals surface area contributed by atoms with E-state index in [1.165, 1.54) is 32.4 Å². The molecule has 100 valence electrons. The van der Waals surface area contributed by atoms with Gasteiger partial charge in [0.2, 0.25) is 15.6 Å². The third-order valence-corrected chi connectivity index (χ3v) is 4.53. The number of aromatic amines is 1. The number of nitrogens with one attached hydrogen (secondary N) is 1. The lowest BCUT2D eigenvalue weighted by molar-refractivity contribution is 0.521. The molecule has 1 N–H and O–H groups in total. The van der Waals surface area contributed by atoms with Crippen LogP contribution in [-0.2, 0) is 10.0 Å². The van der Waals surface area contributed by atoms with Gasteiger partial charge in [-0.15, -0.1) is 0 Å². The molecule has 0 aliphatic rings. The second-order valence-electron chi connectivity index (χ2n) is 4.26. The lowest BCUT2D eigenvalue weighted by atomic mass is 10.1. The number of rotatable bonds is 3. The number of H-pyrrole nitrogens is 1. The molecule has 1 aromatic heterocycles. The van der Waals surface area contributed by atoms with Gasteiger partial charge in [0.15, 0.2) is 0 Å². The highest BCUT2D eigenvalue weighted by Gasteiger charge is 2.17. The molecular formula is C13H14N2O3S. The van der Waals surface area contributed by atoms with E-state index in [-0.39, 0.29) is 10.5 Å². The molecular weight excluding hydrogens is 264 g/mol. The quantitative estimate of drug-likeness (QED) is 0.919. The van der Waals surface area contributed by atoms with E-state index in [0.717, 1.165) is 4.31 Å². The van der Waals surface area contributed by atoms with Gasteiger partial charge in [-0.2, -0.15) is 0 Å². The van der Waals surface area contributed by atoms with E-state index in [0.29, 0.717) is 11.1 Å². The van der Waals surface area contributed by atoms with Crippen LogP contribution in [0.25, 0.3) is 11.1 Å². The Kier molecular flexibility index (Phi) is 3.55. The Balaban J connectivity index is 2.55. The molecule has 0 spiro atoms. The van der Waals surface area contributed by atoms with Crippen LogP contribution in [0.2, 0.25) is 0 Å².